The Bertz CT molecular complexity index is 521. The smallest absolute Gasteiger partial charge is 0.201 e. The molecule has 22 heavy (non-hydrogen) atoms. The van der Waals surface area contributed by atoms with Crippen LogP contribution in [0.4, 0.5) is 11.4 Å². The van der Waals surface area contributed by atoms with Gasteiger partial charge in [-0.2, -0.15) is 0 Å². The van der Waals surface area contributed by atoms with E-state index in [4.69, 9.17) is 9.73 Å². The molecule has 0 bridgehead atoms. The summed E-state index contributed by atoms with van der Waals surface area (Å²) in [6.45, 7) is 7.93. The van der Waals surface area contributed by atoms with E-state index in [-0.39, 0.29) is 0 Å². The second-order valence-electron chi connectivity index (χ2n) is 5.56. The third-order valence-corrected chi connectivity index (χ3v) is 3.60. The van der Waals surface area contributed by atoms with Crippen molar-refractivity contribution in [1.82, 2.24) is 9.80 Å². The molecule has 0 aliphatic carbocycles. The molecular formula is C17H26N4O. The molecule has 2 rings (SSSR count). The van der Waals surface area contributed by atoms with Gasteiger partial charge in [-0.05, 0) is 12.1 Å². The van der Waals surface area contributed by atoms with Crippen LogP contribution in [0.2, 0.25) is 0 Å². The Morgan fingerprint density at radius 2 is 1.95 bits per heavy atom. The van der Waals surface area contributed by atoms with E-state index in [9.17, 15) is 0 Å². The summed E-state index contributed by atoms with van der Waals surface area (Å²) in [4.78, 5) is 11.3. The summed E-state index contributed by atoms with van der Waals surface area (Å²) in [7, 11) is 6.05. The zero-order chi connectivity index (χ0) is 15.9. The maximum Gasteiger partial charge on any atom is 0.201 e. The molecule has 0 saturated carbocycles. The Morgan fingerprint density at radius 1 is 1.27 bits per heavy atom. The number of aliphatic imine (C=N–C) groups is 1. The summed E-state index contributed by atoms with van der Waals surface area (Å²) in [5.41, 5.74) is 2.15. The number of hydrogen-bond donors (Lipinski definition) is 0. The van der Waals surface area contributed by atoms with Crippen molar-refractivity contribution in [2.75, 3.05) is 58.9 Å². The lowest BCUT2D eigenvalue weighted by atomic mass is 10.2. The van der Waals surface area contributed by atoms with Gasteiger partial charge in [0.1, 0.15) is 0 Å². The molecule has 0 amide bonds. The van der Waals surface area contributed by atoms with E-state index in [0.29, 0.717) is 0 Å². The maximum atomic E-state index is 5.45. The quantitative estimate of drug-likeness (QED) is 0.485. The van der Waals surface area contributed by atoms with E-state index in [1.807, 2.05) is 38.2 Å². The van der Waals surface area contributed by atoms with E-state index >= 15 is 0 Å². The van der Waals surface area contributed by atoms with Gasteiger partial charge in [0.15, 0.2) is 0 Å². The van der Waals surface area contributed by atoms with Crippen LogP contribution in [0.1, 0.15) is 0 Å². The van der Waals surface area contributed by atoms with Gasteiger partial charge in [-0.15, -0.1) is 6.58 Å². The lowest BCUT2D eigenvalue weighted by Gasteiger charge is -2.30. The monoisotopic (exact) mass is 302 g/mol. The van der Waals surface area contributed by atoms with Crippen LogP contribution in [-0.2, 0) is 4.74 Å². The molecular weight excluding hydrogens is 276 g/mol. The number of guanidine groups is 1. The van der Waals surface area contributed by atoms with Crippen LogP contribution in [0, 0.1) is 0 Å². The number of morpholine rings is 1. The van der Waals surface area contributed by atoms with Gasteiger partial charge >= 0.3 is 0 Å². The van der Waals surface area contributed by atoms with Crippen molar-refractivity contribution in [2.24, 2.45) is 4.99 Å². The van der Waals surface area contributed by atoms with Crippen LogP contribution in [0.15, 0.2) is 41.9 Å². The first-order valence-electron chi connectivity index (χ1n) is 7.63. The van der Waals surface area contributed by atoms with Crippen LogP contribution < -0.4 is 4.90 Å². The van der Waals surface area contributed by atoms with Gasteiger partial charge in [0.2, 0.25) is 5.96 Å². The molecule has 0 radical (unpaired) electrons. The van der Waals surface area contributed by atoms with E-state index in [1.165, 1.54) is 0 Å². The minimum Gasteiger partial charge on any atom is -0.378 e. The van der Waals surface area contributed by atoms with Gasteiger partial charge in [-0.3, -0.25) is 0 Å². The molecule has 1 heterocycles. The van der Waals surface area contributed by atoms with E-state index in [0.717, 1.165) is 50.2 Å². The highest BCUT2D eigenvalue weighted by Crippen LogP contribution is 2.29. The average Bonchev–Trinajstić information content (AvgIpc) is 2.53. The summed E-state index contributed by atoms with van der Waals surface area (Å²) < 4.78 is 5.45. The zero-order valence-electron chi connectivity index (χ0n) is 13.8. The van der Waals surface area contributed by atoms with Gasteiger partial charge in [0.25, 0.3) is 0 Å². The molecule has 0 atom stereocenters. The molecule has 1 aromatic carbocycles. The standard InChI is InChI=1S/C17H26N4O/c1-5-10-20(4)17(19(2)3)18-15-8-6-7-9-16(15)21-11-13-22-14-12-21/h5-9H,1,10-14H2,2-4H3. The maximum absolute atomic E-state index is 5.45. The highest BCUT2D eigenvalue weighted by atomic mass is 16.5. The Kier molecular flexibility index (Phi) is 5.83. The van der Waals surface area contributed by atoms with Crippen molar-refractivity contribution in [3.05, 3.63) is 36.9 Å². The largest absolute Gasteiger partial charge is 0.378 e. The Hall–Kier alpha value is -2.01. The van der Waals surface area contributed by atoms with Gasteiger partial charge in [0, 0.05) is 40.8 Å². The minimum atomic E-state index is 0.761. The van der Waals surface area contributed by atoms with Gasteiger partial charge in [-0.1, -0.05) is 18.2 Å². The Labute approximate surface area is 133 Å². The molecule has 0 aromatic heterocycles. The van der Waals surface area contributed by atoms with Gasteiger partial charge in [0.05, 0.1) is 24.6 Å². The van der Waals surface area contributed by atoms with Crippen molar-refractivity contribution in [2.45, 2.75) is 0 Å². The number of anilines is 1. The SMILES string of the molecule is C=CCN(C)C(=Nc1ccccc1N1CCOCC1)N(C)C. The van der Waals surface area contributed by atoms with Crippen LogP contribution in [0.5, 0.6) is 0 Å². The Morgan fingerprint density at radius 3 is 2.59 bits per heavy atom. The van der Waals surface area contributed by atoms with E-state index in [2.05, 4.69) is 34.6 Å². The summed E-state index contributed by atoms with van der Waals surface area (Å²) in [6, 6.07) is 8.29. The fraction of sp³-hybridized carbons (Fsp3) is 0.471. The topological polar surface area (TPSA) is 31.3 Å². The van der Waals surface area contributed by atoms with Crippen LogP contribution >= 0.6 is 0 Å². The molecule has 1 aromatic rings. The molecule has 1 saturated heterocycles. The van der Waals surface area contributed by atoms with Crippen LogP contribution in [-0.4, -0.2) is 69.8 Å². The molecule has 5 nitrogen and oxygen atoms in total. The third-order valence-electron chi connectivity index (χ3n) is 3.60. The normalized spacial score (nSPS) is 15.6. The van der Waals surface area contributed by atoms with Crippen molar-refractivity contribution in [1.29, 1.82) is 0 Å². The summed E-state index contributed by atoms with van der Waals surface area (Å²) in [5, 5.41) is 0. The molecule has 0 spiro atoms. The van der Waals surface area contributed by atoms with E-state index in [1.54, 1.807) is 0 Å². The van der Waals surface area contributed by atoms with Gasteiger partial charge < -0.3 is 19.4 Å². The Balaban J connectivity index is 2.33. The van der Waals surface area contributed by atoms with Crippen molar-refractivity contribution < 1.29 is 4.74 Å². The highest BCUT2D eigenvalue weighted by Gasteiger charge is 2.16. The number of likely N-dealkylation sites (N-methyl/N-ethyl adjacent to an activating group) is 1. The predicted octanol–water partition coefficient (Wildman–Crippen LogP) is 2.19. The van der Waals surface area contributed by atoms with Crippen LogP contribution in [0.3, 0.4) is 0 Å². The highest BCUT2D eigenvalue weighted by molar-refractivity contribution is 5.85. The van der Waals surface area contributed by atoms with E-state index < -0.39 is 0 Å². The summed E-state index contributed by atoms with van der Waals surface area (Å²) in [6.07, 6.45) is 1.88. The number of para-hydroxylation sites is 2. The fourth-order valence-electron chi connectivity index (χ4n) is 2.54. The first-order chi connectivity index (χ1) is 10.6. The number of nitrogens with zero attached hydrogens (tertiary/aromatic N) is 4. The molecule has 0 unspecified atom stereocenters. The van der Waals surface area contributed by atoms with Gasteiger partial charge in [-0.25, -0.2) is 4.99 Å². The van der Waals surface area contributed by atoms with Crippen molar-refractivity contribution in [3.8, 4) is 0 Å². The fourth-order valence-corrected chi connectivity index (χ4v) is 2.54. The first-order valence-corrected chi connectivity index (χ1v) is 7.63. The number of ether oxygens (including phenoxy) is 1. The first kappa shape index (κ1) is 16.4. The molecule has 0 N–H and O–H groups in total. The van der Waals surface area contributed by atoms with Crippen molar-refractivity contribution >= 4 is 17.3 Å². The van der Waals surface area contributed by atoms with Crippen molar-refractivity contribution in [3.63, 3.8) is 0 Å². The lowest BCUT2D eigenvalue weighted by molar-refractivity contribution is 0.123. The molecule has 120 valence electrons. The van der Waals surface area contributed by atoms with Crippen LogP contribution in [0.25, 0.3) is 0 Å². The summed E-state index contributed by atoms with van der Waals surface area (Å²) in [5.74, 6) is 0.917. The second-order valence-corrected chi connectivity index (χ2v) is 5.56. The number of rotatable bonds is 4. The molecule has 1 fully saturated rings. The second kappa shape index (κ2) is 7.84. The molecule has 1 aliphatic heterocycles. The zero-order valence-corrected chi connectivity index (χ0v) is 13.8. The minimum absolute atomic E-state index is 0.761. The number of benzene rings is 1. The number of hydrogen-bond acceptors (Lipinski definition) is 3. The average molecular weight is 302 g/mol. The molecule has 5 heteroatoms. The molecule has 1 aliphatic rings. The lowest BCUT2D eigenvalue weighted by Crippen LogP contribution is -2.38. The summed E-state index contributed by atoms with van der Waals surface area (Å²) >= 11 is 0. The third kappa shape index (κ3) is 4.01. The predicted molar refractivity (Wildman–Crippen MR) is 93.1 cm³/mol.